The number of aryl methyl sites for hydroxylation is 1. The minimum absolute atomic E-state index is 0.0474. The third-order valence-corrected chi connectivity index (χ3v) is 9.24. The second kappa shape index (κ2) is 14.2. The van der Waals surface area contributed by atoms with E-state index in [9.17, 15) is 14.7 Å². The van der Waals surface area contributed by atoms with Crippen molar-refractivity contribution < 1.29 is 19.1 Å². The number of halogens is 1. The van der Waals surface area contributed by atoms with Gasteiger partial charge in [-0.2, -0.15) is 5.10 Å². The zero-order valence-electron chi connectivity index (χ0n) is 27.2. The van der Waals surface area contributed by atoms with Crippen molar-refractivity contribution in [2.75, 3.05) is 13.1 Å². The highest BCUT2D eigenvalue weighted by Crippen LogP contribution is 2.30. The van der Waals surface area contributed by atoms with Gasteiger partial charge in [0.25, 0.3) is 5.56 Å². The van der Waals surface area contributed by atoms with Gasteiger partial charge >= 0.3 is 6.09 Å². The van der Waals surface area contributed by atoms with Gasteiger partial charge in [0.2, 0.25) is 0 Å². The lowest BCUT2D eigenvalue weighted by molar-refractivity contribution is -0.0364. The number of carbonyl (C=O) groups excluding carboxylic acids is 1. The minimum atomic E-state index is -1.07. The molecule has 0 saturated carbocycles. The molecule has 0 aliphatic carbocycles. The Hall–Kier alpha value is -5.44. The first-order valence-corrected chi connectivity index (χ1v) is 16.4. The predicted octanol–water partition coefficient (Wildman–Crippen LogP) is 4.35. The molecule has 1 amide bonds. The van der Waals surface area contributed by atoms with E-state index < -0.39 is 11.7 Å². The van der Waals surface area contributed by atoms with E-state index in [4.69, 9.17) is 20.8 Å². The molecule has 2 aromatic carbocycles. The number of nitrogens with zero attached hydrogens (tertiary/aromatic N) is 8. The molecule has 4 aromatic heterocycles. The fraction of sp³-hybridized carbons (Fsp3) is 0.286. The highest BCUT2D eigenvalue weighted by Gasteiger charge is 2.33. The number of hydrogen-bond acceptors (Lipinski definition) is 11. The number of piperidine rings is 1. The number of carbonyl (C=O) groups is 1. The number of likely N-dealkylation sites (tertiary alicyclic amines) is 1. The molecule has 1 aliphatic rings. The van der Waals surface area contributed by atoms with Crippen LogP contribution in [0.15, 0.2) is 89.2 Å². The van der Waals surface area contributed by atoms with Crippen LogP contribution in [0.4, 0.5) is 4.79 Å². The lowest BCUT2D eigenvalue weighted by Gasteiger charge is -2.38. The van der Waals surface area contributed by atoms with Gasteiger partial charge in [0.1, 0.15) is 18.5 Å². The van der Waals surface area contributed by atoms with Crippen LogP contribution in [0.5, 0.6) is 0 Å². The molecular weight excluding hydrogens is 662 g/mol. The van der Waals surface area contributed by atoms with Gasteiger partial charge in [0.15, 0.2) is 17.7 Å². The number of benzene rings is 2. The topological polar surface area (TPSA) is 166 Å². The Balaban J connectivity index is 0.964. The maximum absolute atomic E-state index is 13.6. The lowest BCUT2D eigenvalue weighted by atomic mass is 9.91. The van der Waals surface area contributed by atoms with Gasteiger partial charge in [-0.05, 0) is 36.1 Å². The second-order valence-corrected chi connectivity index (χ2v) is 12.8. The Bertz CT molecular complexity index is 2160. The molecule has 50 heavy (non-hydrogen) atoms. The van der Waals surface area contributed by atoms with Crippen LogP contribution < -0.4 is 10.9 Å². The molecule has 1 aliphatic heterocycles. The van der Waals surface area contributed by atoms with Crippen LogP contribution in [-0.4, -0.2) is 69.1 Å². The summed E-state index contributed by atoms with van der Waals surface area (Å²) in [5.41, 5.74) is 4.13. The largest absolute Gasteiger partial charge is 0.444 e. The fourth-order valence-electron chi connectivity index (χ4n) is 6.11. The highest BCUT2D eigenvalue weighted by molar-refractivity contribution is 6.31. The maximum atomic E-state index is 13.6. The molecule has 5 heterocycles. The number of alkyl carbamates (subject to hydrolysis) is 1. The second-order valence-electron chi connectivity index (χ2n) is 12.3. The normalized spacial score (nSPS) is 14.5. The van der Waals surface area contributed by atoms with E-state index in [2.05, 4.69) is 35.3 Å². The van der Waals surface area contributed by atoms with Crippen molar-refractivity contribution in [2.24, 2.45) is 7.05 Å². The summed E-state index contributed by atoms with van der Waals surface area (Å²) in [6.07, 6.45) is 7.91. The summed E-state index contributed by atoms with van der Waals surface area (Å²) in [6.45, 7) is 2.36. The summed E-state index contributed by atoms with van der Waals surface area (Å²) >= 11 is 6.59. The van der Waals surface area contributed by atoms with Crippen LogP contribution in [-0.2, 0) is 38.0 Å². The van der Waals surface area contributed by atoms with E-state index in [0.29, 0.717) is 60.2 Å². The van der Waals surface area contributed by atoms with Gasteiger partial charge in [0, 0.05) is 55.6 Å². The lowest BCUT2D eigenvalue weighted by Crippen LogP contribution is -2.47. The summed E-state index contributed by atoms with van der Waals surface area (Å²) < 4.78 is 13.7. The zero-order valence-corrected chi connectivity index (χ0v) is 28.0. The van der Waals surface area contributed by atoms with Crippen molar-refractivity contribution in [1.29, 1.82) is 0 Å². The van der Waals surface area contributed by atoms with Crippen LogP contribution in [0.3, 0.4) is 0 Å². The molecule has 1 fully saturated rings. The molecule has 256 valence electrons. The molecular formula is C35H34ClN9O5. The number of aromatic nitrogens is 7. The van der Waals surface area contributed by atoms with Crippen LogP contribution in [0.1, 0.15) is 29.7 Å². The summed E-state index contributed by atoms with van der Waals surface area (Å²) in [4.78, 5) is 44.4. The van der Waals surface area contributed by atoms with Crippen molar-refractivity contribution >= 4 is 28.7 Å². The molecule has 0 atom stereocenters. The molecule has 2 N–H and O–H groups in total. The van der Waals surface area contributed by atoms with Gasteiger partial charge < -0.3 is 19.6 Å². The van der Waals surface area contributed by atoms with Gasteiger partial charge in [-0.3, -0.25) is 18.9 Å². The third-order valence-electron chi connectivity index (χ3n) is 8.89. The van der Waals surface area contributed by atoms with Gasteiger partial charge in [0.05, 0.1) is 36.1 Å². The minimum Gasteiger partial charge on any atom is -0.444 e. The van der Waals surface area contributed by atoms with Crippen LogP contribution in [0.2, 0.25) is 5.02 Å². The van der Waals surface area contributed by atoms with Crippen molar-refractivity contribution in [3.05, 3.63) is 112 Å². The highest BCUT2D eigenvalue weighted by atomic mass is 35.5. The molecule has 1 saturated heterocycles. The Kier molecular flexibility index (Phi) is 9.39. The number of ether oxygens (including phenoxy) is 1. The first kappa shape index (κ1) is 33.1. The van der Waals surface area contributed by atoms with E-state index >= 15 is 0 Å². The first-order chi connectivity index (χ1) is 24.2. The van der Waals surface area contributed by atoms with Crippen molar-refractivity contribution in [1.82, 2.24) is 44.5 Å². The summed E-state index contributed by atoms with van der Waals surface area (Å²) in [6, 6.07) is 15.0. The smallest absolute Gasteiger partial charge is 0.407 e. The van der Waals surface area contributed by atoms with E-state index in [0.717, 1.165) is 22.3 Å². The zero-order chi connectivity index (χ0) is 34.7. The molecule has 0 spiro atoms. The van der Waals surface area contributed by atoms with Crippen LogP contribution in [0, 0.1) is 0 Å². The Morgan fingerprint density at radius 3 is 2.58 bits per heavy atom. The molecule has 0 radical (unpaired) electrons. The first-order valence-electron chi connectivity index (χ1n) is 16.0. The molecule has 6 aromatic rings. The summed E-state index contributed by atoms with van der Waals surface area (Å²) in [5.74, 6) is 0.655. The van der Waals surface area contributed by atoms with Crippen molar-refractivity contribution in [3.8, 4) is 22.6 Å². The van der Waals surface area contributed by atoms with E-state index in [1.54, 1.807) is 30.2 Å². The quantitative estimate of drug-likeness (QED) is 0.209. The number of oxazole rings is 1. The number of fused-ring (bicyclic) bond motifs is 1. The van der Waals surface area contributed by atoms with Gasteiger partial charge in [-0.25, -0.2) is 24.7 Å². The number of hydrogen-bond donors (Lipinski definition) is 2. The van der Waals surface area contributed by atoms with Crippen LogP contribution >= 0.6 is 11.6 Å². The van der Waals surface area contributed by atoms with Crippen molar-refractivity contribution in [2.45, 2.75) is 44.7 Å². The molecule has 0 bridgehead atoms. The number of aliphatic hydroxyl groups is 1. The molecule has 0 unspecified atom stereocenters. The van der Waals surface area contributed by atoms with Gasteiger partial charge in [-0.1, -0.05) is 48.0 Å². The maximum Gasteiger partial charge on any atom is 0.407 e. The third kappa shape index (κ3) is 7.27. The number of nitrogens with one attached hydrogen (secondary N) is 1. The Morgan fingerprint density at radius 2 is 1.86 bits per heavy atom. The van der Waals surface area contributed by atoms with Crippen molar-refractivity contribution in [3.63, 3.8) is 0 Å². The average Bonchev–Trinajstić information content (AvgIpc) is 3.79. The molecule has 15 heteroatoms. The van der Waals surface area contributed by atoms with E-state index in [-0.39, 0.29) is 30.8 Å². The van der Waals surface area contributed by atoms with Gasteiger partial charge in [-0.15, -0.1) is 0 Å². The van der Waals surface area contributed by atoms with E-state index in [1.807, 2.05) is 42.5 Å². The monoisotopic (exact) mass is 695 g/mol. The Labute approximate surface area is 291 Å². The SMILES string of the molecule is Cn1nc2c(=O)n(CC3(O)CCN(Cc4ccc(-c5cnco5)cc4Cl)CC3)cnc2c1-c1ccc(CNC(=O)OCc2ccncn2)cc1. The van der Waals surface area contributed by atoms with E-state index in [1.165, 1.54) is 23.6 Å². The standard InChI is InChI=1S/C35H34ClN9O5/c1-43-32(24-4-2-23(3-5-24)15-39-34(47)49-18-27-8-11-37-20-40-27)30-31(42-43)33(46)45(21-41-30)19-35(48)9-12-44(13-10-35)17-26-7-6-25(14-28(26)36)29-16-38-22-50-29/h2-8,11,14,16,20-22,48H,9-10,12-13,15,17-19H2,1H3,(H,39,47). The molecule has 7 rings (SSSR count). The number of amides is 1. The average molecular weight is 696 g/mol. The summed E-state index contributed by atoms with van der Waals surface area (Å²) in [5, 5.41) is 19.4. The predicted molar refractivity (Wildman–Crippen MR) is 184 cm³/mol. The molecule has 14 nitrogen and oxygen atoms in total. The fourth-order valence-corrected chi connectivity index (χ4v) is 6.35. The summed E-state index contributed by atoms with van der Waals surface area (Å²) in [7, 11) is 1.77. The van der Waals surface area contributed by atoms with Crippen LogP contribution in [0.25, 0.3) is 33.6 Å². The number of rotatable bonds is 10. The Morgan fingerprint density at radius 1 is 1.06 bits per heavy atom.